The molecule has 0 saturated heterocycles. The number of rotatable bonds is 4. The van der Waals surface area contributed by atoms with E-state index in [4.69, 9.17) is 11.6 Å². The van der Waals surface area contributed by atoms with Gasteiger partial charge in [0, 0.05) is 23.6 Å². The maximum atomic E-state index is 10.6. The normalized spacial score (nSPS) is 22.9. The first-order chi connectivity index (χ1) is 7.19. The van der Waals surface area contributed by atoms with Gasteiger partial charge in [0.05, 0.1) is 4.92 Å². The van der Waals surface area contributed by atoms with E-state index in [-0.39, 0.29) is 11.6 Å². The second-order valence-electron chi connectivity index (χ2n) is 3.54. The summed E-state index contributed by atoms with van der Waals surface area (Å²) in [5.41, 5.74) is 2.38. The highest BCUT2D eigenvalue weighted by molar-refractivity contribution is 6.25. The Kier molecular flexibility index (Phi) is 4.56. The summed E-state index contributed by atoms with van der Waals surface area (Å²) in [6.07, 6.45) is 8.18. The summed E-state index contributed by atoms with van der Waals surface area (Å²) in [7, 11) is 0. The Labute approximate surface area is 94.3 Å². The van der Waals surface area contributed by atoms with Crippen molar-refractivity contribution in [3.63, 3.8) is 0 Å². The van der Waals surface area contributed by atoms with Crippen molar-refractivity contribution in [2.75, 3.05) is 0 Å². The van der Waals surface area contributed by atoms with E-state index in [1.807, 2.05) is 6.08 Å². The molecule has 0 amide bonds. The van der Waals surface area contributed by atoms with E-state index in [0.717, 1.165) is 24.8 Å². The standard InChI is InChI=1S/C11H14ClNO2/c1-2-3-4-9-5-6-11(13(14)15)7-10(9)8-12/h5-9H,2-4H2,1H3/b10-8-. The van der Waals surface area contributed by atoms with Crippen molar-refractivity contribution in [3.05, 3.63) is 45.1 Å². The first-order valence-electron chi connectivity index (χ1n) is 5.03. The second kappa shape index (κ2) is 5.71. The fourth-order valence-corrected chi connectivity index (χ4v) is 1.79. The smallest absolute Gasteiger partial charge is 0.258 e. The van der Waals surface area contributed by atoms with Gasteiger partial charge in [0.15, 0.2) is 0 Å². The number of unbranched alkanes of at least 4 members (excludes halogenated alkanes) is 1. The Balaban J connectivity index is 2.75. The highest BCUT2D eigenvalue weighted by atomic mass is 35.5. The molecule has 0 aliphatic heterocycles. The van der Waals surface area contributed by atoms with Gasteiger partial charge in [0.1, 0.15) is 0 Å². The van der Waals surface area contributed by atoms with Crippen LogP contribution in [-0.2, 0) is 0 Å². The molecule has 0 heterocycles. The molecule has 0 bridgehead atoms. The third-order valence-electron chi connectivity index (χ3n) is 2.45. The fraction of sp³-hybridized carbons (Fsp3) is 0.455. The van der Waals surface area contributed by atoms with Gasteiger partial charge in [-0.25, -0.2) is 0 Å². The van der Waals surface area contributed by atoms with Gasteiger partial charge in [0.2, 0.25) is 0 Å². The van der Waals surface area contributed by atoms with Crippen molar-refractivity contribution in [1.29, 1.82) is 0 Å². The van der Waals surface area contributed by atoms with E-state index in [9.17, 15) is 10.1 Å². The van der Waals surface area contributed by atoms with Gasteiger partial charge in [-0.2, -0.15) is 0 Å². The molecule has 1 aliphatic carbocycles. The van der Waals surface area contributed by atoms with Gasteiger partial charge in [0.25, 0.3) is 5.70 Å². The zero-order valence-corrected chi connectivity index (χ0v) is 9.41. The lowest BCUT2D eigenvalue weighted by Gasteiger charge is -2.15. The highest BCUT2D eigenvalue weighted by Gasteiger charge is 2.18. The summed E-state index contributed by atoms with van der Waals surface area (Å²) in [4.78, 5) is 10.2. The Morgan fingerprint density at radius 3 is 2.93 bits per heavy atom. The van der Waals surface area contributed by atoms with E-state index in [1.54, 1.807) is 12.2 Å². The number of hydrogen-bond donors (Lipinski definition) is 0. The Bertz CT molecular complexity index is 331. The number of halogens is 1. The van der Waals surface area contributed by atoms with Gasteiger partial charge in [-0.3, -0.25) is 10.1 Å². The number of hydrogen-bond acceptors (Lipinski definition) is 2. The highest BCUT2D eigenvalue weighted by Crippen LogP contribution is 2.27. The molecular formula is C11H14ClNO2. The van der Waals surface area contributed by atoms with Crippen LogP contribution in [0.4, 0.5) is 0 Å². The largest absolute Gasteiger partial charge is 0.269 e. The Morgan fingerprint density at radius 1 is 1.67 bits per heavy atom. The van der Waals surface area contributed by atoms with Gasteiger partial charge in [-0.05, 0) is 12.0 Å². The first-order valence-corrected chi connectivity index (χ1v) is 5.47. The van der Waals surface area contributed by atoms with Gasteiger partial charge >= 0.3 is 0 Å². The summed E-state index contributed by atoms with van der Waals surface area (Å²) < 4.78 is 0. The molecule has 0 aromatic rings. The molecule has 4 heteroatoms. The first kappa shape index (κ1) is 12.0. The molecule has 1 aliphatic rings. The van der Waals surface area contributed by atoms with E-state index >= 15 is 0 Å². The molecule has 1 atom stereocenters. The van der Waals surface area contributed by atoms with E-state index in [1.165, 1.54) is 5.54 Å². The van der Waals surface area contributed by atoms with E-state index in [2.05, 4.69) is 6.92 Å². The maximum absolute atomic E-state index is 10.6. The van der Waals surface area contributed by atoms with Crippen LogP contribution in [0, 0.1) is 16.0 Å². The molecule has 1 rings (SSSR count). The number of nitrogens with zero attached hydrogens (tertiary/aromatic N) is 1. The molecule has 0 aromatic carbocycles. The van der Waals surface area contributed by atoms with Crippen LogP contribution in [0.25, 0.3) is 0 Å². The Morgan fingerprint density at radius 2 is 2.40 bits per heavy atom. The van der Waals surface area contributed by atoms with Crippen molar-refractivity contribution in [2.24, 2.45) is 5.92 Å². The molecule has 15 heavy (non-hydrogen) atoms. The van der Waals surface area contributed by atoms with Crippen LogP contribution in [0.5, 0.6) is 0 Å². The quantitative estimate of drug-likeness (QED) is 0.544. The molecule has 1 unspecified atom stereocenters. The summed E-state index contributed by atoms with van der Waals surface area (Å²) in [6.45, 7) is 2.12. The number of nitro groups is 1. The molecular weight excluding hydrogens is 214 g/mol. The molecule has 0 fully saturated rings. The summed E-state index contributed by atoms with van der Waals surface area (Å²) >= 11 is 5.66. The predicted octanol–water partition coefficient (Wildman–Crippen LogP) is 3.65. The van der Waals surface area contributed by atoms with Crippen LogP contribution in [-0.4, -0.2) is 4.92 Å². The monoisotopic (exact) mass is 227 g/mol. The summed E-state index contributed by atoms with van der Waals surface area (Å²) in [6, 6.07) is 0. The molecule has 0 radical (unpaired) electrons. The van der Waals surface area contributed by atoms with Crippen molar-refractivity contribution in [1.82, 2.24) is 0 Å². The van der Waals surface area contributed by atoms with Crippen LogP contribution in [0.1, 0.15) is 26.2 Å². The molecule has 0 N–H and O–H groups in total. The van der Waals surface area contributed by atoms with Crippen LogP contribution in [0.15, 0.2) is 35.0 Å². The van der Waals surface area contributed by atoms with E-state index < -0.39 is 4.92 Å². The zero-order valence-electron chi connectivity index (χ0n) is 8.65. The lowest BCUT2D eigenvalue weighted by molar-refractivity contribution is -0.419. The van der Waals surface area contributed by atoms with Crippen LogP contribution < -0.4 is 0 Å². The fourth-order valence-electron chi connectivity index (χ4n) is 1.56. The average molecular weight is 228 g/mol. The van der Waals surface area contributed by atoms with Crippen LogP contribution in [0.2, 0.25) is 0 Å². The third-order valence-corrected chi connectivity index (χ3v) is 2.70. The SMILES string of the molecule is CCCCC1C=CC([N+](=O)[O-])=C/C1=C/Cl. The average Bonchev–Trinajstić information content (AvgIpc) is 2.25. The molecule has 0 spiro atoms. The summed E-state index contributed by atoms with van der Waals surface area (Å²) in [5, 5.41) is 10.6. The lowest BCUT2D eigenvalue weighted by Crippen LogP contribution is -2.07. The molecule has 0 saturated carbocycles. The van der Waals surface area contributed by atoms with Crippen molar-refractivity contribution in [3.8, 4) is 0 Å². The van der Waals surface area contributed by atoms with Gasteiger partial charge in [-0.1, -0.05) is 37.4 Å². The topological polar surface area (TPSA) is 43.1 Å². The maximum Gasteiger partial charge on any atom is 0.269 e. The lowest BCUT2D eigenvalue weighted by atomic mass is 9.90. The predicted molar refractivity (Wildman–Crippen MR) is 61.2 cm³/mol. The summed E-state index contributed by atoms with van der Waals surface area (Å²) in [5.74, 6) is 0.228. The number of allylic oxidation sites excluding steroid dienone is 4. The van der Waals surface area contributed by atoms with Crippen molar-refractivity contribution >= 4 is 11.6 Å². The van der Waals surface area contributed by atoms with Crippen molar-refractivity contribution < 1.29 is 4.92 Å². The zero-order chi connectivity index (χ0) is 11.3. The molecule has 0 aromatic heterocycles. The second-order valence-corrected chi connectivity index (χ2v) is 3.76. The van der Waals surface area contributed by atoms with Crippen LogP contribution in [0.3, 0.4) is 0 Å². The minimum Gasteiger partial charge on any atom is -0.258 e. The minimum atomic E-state index is -0.396. The Hall–Kier alpha value is -1.09. The third kappa shape index (κ3) is 3.20. The van der Waals surface area contributed by atoms with Crippen LogP contribution >= 0.6 is 11.6 Å². The molecule has 3 nitrogen and oxygen atoms in total. The van der Waals surface area contributed by atoms with Crippen molar-refractivity contribution in [2.45, 2.75) is 26.2 Å². The molecule has 82 valence electrons. The van der Waals surface area contributed by atoms with E-state index in [0.29, 0.717) is 0 Å². The van der Waals surface area contributed by atoms with Gasteiger partial charge < -0.3 is 0 Å². The minimum absolute atomic E-state index is 0.106. The van der Waals surface area contributed by atoms with Gasteiger partial charge in [-0.15, -0.1) is 0 Å².